The Kier molecular flexibility index (Phi) is 2.44. The van der Waals surface area contributed by atoms with Crippen molar-refractivity contribution < 1.29 is 8.78 Å². The summed E-state index contributed by atoms with van der Waals surface area (Å²) in [6, 6.07) is 8.91. The van der Waals surface area contributed by atoms with E-state index in [1.54, 1.807) is 6.07 Å². The second kappa shape index (κ2) is 3.98. The van der Waals surface area contributed by atoms with Gasteiger partial charge in [-0.1, -0.05) is 6.07 Å². The Morgan fingerprint density at radius 3 is 2.39 bits per heavy atom. The molecule has 3 rings (SSSR count). The molecule has 18 heavy (non-hydrogen) atoms. The first-order valence-electron chi connectivity index (χ1n) is 5.76. The maximum atomic E-state index is 13.3. The quantitative estimate of drug-likeness (QED) is 0.783. The normalized spacial score (nSPS) is 13.8. The lowest BCUT2D eigenvalue weighted by atomic mass is 10.1. The highest BCUT2D eigenvalue weighted by Crippen LogP contribution is 2.37. The summed E-state index contributed by atoms with van der Waals surface area (Å²) in [4.78, 5) is 1.86. The summed E-state index contributed by atoms with van der Waals surface area (Å²) in [5.41, 5.74) is 8.78. The molecule has 0 amide bonds. The lowest BCUT2D eigenvalue weighted by molar-refractivity contribution is 0.627. The molecule has 0 atom stereocenters. The first kappa shape index (κ1) is 11.0. The van der Waals surface area contributed by atoms with Gasteiger partial charge in [-0.25, -0.2) is 8.78 Å². The van der Waals surface area contributed by atoms with Crippen LogP contribution in [0.15, 0.2) is 36.4 Å². The van der Waals surface area contributed by atoms with Crippen molar-refractivity contribution in [2.75, 3.05) is 17.2 Å². The van der Waals surface area contributed by atoms with Gasteiger partial charge in [0.15, 0.2) is 0 Å². The van der Waals surface area contributed by atoms with E-state index in [1.807, 2.05) is 4.90 Å². The summed E-state index contributed by atoms with van der Waals surface area (Å²) in [7, 11) is 0. The fourth-order valence-electron chi connectivity index (χ4n) is 2.35. The summed E-state index contributed by atoms with van der Waals surface area (Å²) in [6.45, 7) is 0.687. The Balaban J connectivity index is 2.11. The van der Waals surface area contributed by atoms with Crippen molar-refractivity contribution in [1.82, 2.24) is 0 Å². The van der Waals surface area contributed by atoms with Gasteiger partial charge in [0.2, 0.25) is 0 Å². The maximum Gasteiger partial charge on any atom is 0.125 e. The molecule has 1 aliphatic rings. The predicted molar refractivity (Wildman–Crippen MR) is 67.9 cm³/mol. The van der Waals surface area contributed by atoms with Gasteiger partial charge in [0, 0.05) is 12.2 Å². The van der Waals surface area contributed by atoms with Crippen molar-refractivity contribution in [3.8, 4) is 0 Å². The van der Waals surface area contributed by atoms with Gasteiger partial charge in [-0.3, -0.25) is 0 Å². The SMILES string of the molecule is Nc1ccc(F)cc1N1CCc2ccc(F)cc21. The van der Waals surface area contributed by atoms with Gasteiger partial charge in [-0.2, -0.15) is 0 Å². The molecular weight excluding hydrogens is 234 g/mol. The molecule has 0 saturated heterocycles. The van der Waals surface area contributed by atoms with Crippen LogP contribution in [0.25, 0.3) is 0 Å². The molecule has 0 aromatic heterocycles. The van der Waals surface area contributed by atoms with Gasteiger partial charge >= 0.3 is 0 Å². The number of hydrogen-bond donors (Lipinski definition) is 1. The van der Waals surface area contributed by atoms with E-state index < -0.39 is 0 Å². The first-order valence-corrected chi connectivity index (χ1v) is 5.76. The van der Waals surface area contributed by atoms with Crippen LogP contribution in [-0.2, 0) is 6.42 Å². The van der Waals surface area contributed by atoms with Crippen LogP contribution in [0.1, 0.15) is 5.56 Å². The summed E-state index contributed by atoms with van der Waals surface area (Å²) in [6.07, 6.45) is 0.811. The Bertz CT molecular complexity index is 611. The average Bonchev–Trinajstić information content (AvgIpc) is 2.75. The molecule has 2 nitrogen and oxygen atoms in total. The molecule has 0 saturated carbocycles. The van der Waals surface area contributed by atoms with Crippen LogP contribution in [0.3, 0.4) is 0 Å². The first-order chi connectivity index (χ1) is 8.65. The molecule has 2 aromatic rings. The lowest BCUT2D eigenvalue weighted by Crippen LogP contribution is -2.15. The zero-order chi connectivity index (χ0) is 12.7. The Morgan fingerprint density at radius 2 is 1.61 bits per heavy atom. The number of rotatable bonds is 1. The van der Waals surface area contributed by atoms with Crippen LogP contribution in [0, 0.1) is 11.6 Å². The minimum absolute atomic E-state index is 0.296. The monoisotopic (exact) mass is 246 g/mol. The van der Waals surface area contributed by atoms with E-state index in [0.717, 1.165) is 17.7 Å². The van der Waals surface area contributed by atoms with E-state index in [-0.39, 0.29) is 11.6 Å². The molecule has 0 aliphatic carbocycles. The van der Waals surface area contributed by atoms with Crippen molar-refractivity contribution in [2.45, 2.75) is 6.42 Å². The van der Waals surface area contributed by atoms with E-state index in [2.05, 4.69) is 0 Å². The van der Waals surface area contributed by atoms with Gasteiger partial charge < -0.3 is 10.6 Å². The van der Waals surface area contributed by atoms with E-state index in [9.17, 15) is 8.78 Å². The van der Waals surface area contributed by atoms with E-state index >= 15 is 0 Å². The van der Waals surface area contributed by atoms with E-state index in [0.29, 0.717) is 17.9 Å². The van der Waals surface area contributed by atoms with Crippen LogP contribution in [-0.4, -0.2) is 6.54 Å². The third-order valence-electron chi connectivity index (χ3n) is 3.23. The number of halogens is 2. The molecule has 0 unspecified atom stereocenters. The molecular formula is C14H12F2N2. The summed E-state index contributed by atoms with van der Waals surface area (Å²) >= 11 is 0. The fourth-order valence-corrected chi connectivity index (χ4v) is 2.35. The molecule has 2 N–H and O–H groups in total. The standard InChI is InChI=1S/C14H12F2N2/c15-10-2-1-9-5-6-18(13(9)7-10)14-8-11(16)3-4-12(14)17/h1-4,7-8H,5-6,17H2. The Hall–Kier alpha value is -2.10. The predicted octanol–water partition coefficient (Wildman–Crippen LogP) is 3.24. The number of anilines is 3. The summed E-state index contributed by atoms with van der Waals surface area (Å²) < 4.78 is 26.6. The lowest BCUT2D eigenvalue weighted by Gasteiger charge is -2.21. The smallest absolute Gasteiger partial charge is 0.125 e. The van der Waals surface area contributed by atoms with Gasteiger partial charge in [0.1, 0.15) is 11.6 Å². The molecule has 1 aliphatic heterocycles. The highest BCUT2D eigenvalue weighted by molar-refractivity contribution is 5.78. The topological polar surface area (TPSA) is 29.3 Å². The van der Waals surface area contributed by atoms with Gasteiger partial charge in [0.05, 0.1) is 11.4 Å². The zero-order valence-electron chi connectivity index (χ0n) is 9.66. The summed E-state index contributed by atoms with van der Waals surface area (Å²) in [5, 5.41) is 0. The number of nitrogens with two attached hydrogens (primary N) is 1. The van der Waals surface area contributed by atoms with Crippen LogP contribution in [0.2, 0.25) is 0 Å². The molecule has 1 heterocycles. The zero-order valence-corrected chi connectivity index (χ0v) is 9.66. The fraction of sp³-hybridized carbons (Fsp3) is 0.143. The highest BCUT2D eigenvalue weighted by atomic mass is 19.1. The highest BCUT2D eigenvalue weighted by Gasteiger charge is 2.22. The third-order valence-corrected chi connectivity index (χ3v) is 3.23. The number of nitrogens with zero attached hydrogens (tertiary/aromatic N) is 1. The molecule has 0 spiro atoms. The second-order valence-electron chi connectivity index (χ2n) is 4.38. The van der Waals surface area contributed by atoms with Crippen molar-refractivity contribution in [3.63, 3.8) is 0 Å². The molecule has 0 bridgehead atoms. The Labute approximate surface area is 104 Å². The van der Waals surface area contributed by atoms with Crippen molar-refractivity contribution in [2.24, 2.45) is 0 Å². The largest absolute Gasteiger partial charge is 0.397 e. The molecule has 92 valence electrons. The van der Waals surface area contributed by atoms with Gasteiger partial charge in [-0.15, -0.1) is 0 Å². The third kappa shape index (κ3) is 1.70. The van der Waals surface area contributed by atoms with Crippen LogP contribution in [0.4, 0.5) is 25.8 Å². The van der Waals surface area contributed by atoms with Crippen LogP contribution < -0.4 is 10.6 Å². The van der Waals surface area contributed by atoms with Crippen LogP contribution >= 0.6 is 0 Å². The van der Waals surface area contributed by atoms with Crippen molar-refractivity contribution in [1.29, 1.82) is 0 Å². The van der Waals surface area contributed by atoms with Crippen LogP contribution in [0.5, 0.6) is 0 Å². The minimum Gasteiger partial charge on any atom is -0.397 e. The van der Waals surface area contributed by atoms with Crippen molar-refractivity contribution in [3.05, 3.63) is 53.6 Å². The summed E-state index contributed by atoms with van der Waals surface area (Å²) in [5.74, 6) is -0.639. The van der Waals surface area contributed by atoms with E-state index in [1.165, 1.54) is 30.3 Å². The number of nitrogen functional groups attached to an aromatic ring is 1. The number of benzene rings is 2. The number of fused-ring (bicyclic) bond motifs is 1. The van der Waals surface area contributed by atoms with Gasteiger partial charge in [0.25, 0.3) is 0 Å². The van der Waals surface area contributed by atoms with Gasteiger partial charge in [-0.05, 0) is 42.3 Å². The molecule has 0 fully saturated rings. The number of hydrogen-bond acceptors (Lipinski definition) is 2. The van der Waals surface area contributed by atoms with E-state index in [4.69, 9.17) is 5.73 Å². The second-order valence-corrected chi connectivity index (χ2v) is 4.38. The minimum atomic E-state index is -0.343. The maximum absolute atomic E-state index is 13.3. The average molecular weight is 246 g/mol. The Morgan fingerprint density at radius 1 is 0.944 bits per heavy atom. The van der Waals surface area contributed by atoms with Crippen molar-refractivity contribution >= 4 is 17.1 Å². The molecule has 4 heteroatoms. The molecule has 2 aromatic carbocycles. The molecule has 0 radical (unpaired) electrons.